The van der Waals surface area contributed by atoms with Crippen molar-refractivity contribution in [3.8, 4) is 5.75 Å². The summed E-state index contributed by atoms with van der Waals surface area (Å²) >= 11 is 0. The molecule has 7 heteroatoms. The largest absolute Gasteiger partial charge is 0.497 e. The molecule has 0 bridgehead atoms. The number of hydrogen-bond acceptors (Lipinski definition) is 6. The topological polar surface area (TPSA) is 84.5 Å². The van der Waals surface area contributed by atoms with Gasteiger partial charge in [0.2, 0.25) is 0 Å². The molecule has 1 aliphatic rings. The maximum atomic E-state index is 12.6. The van der Waals surface area contributed by atoms with Gasteiger partial charge in [0.15, 0.2) is 0 Å². The van der Waals surface area contributed by atoms with E-state index in [1.165, 1.54) is 19.1 Å². The molecule has 162 valence electrons. The minimum absolute atomic E-state index is 0.202. The van der Waals surface area contributed by atoms with Crippen molar-refractivity contribution in [3.63, 3.8) is 0 Å². The lowest BCUT2D eigenvalue weighted by Gasteiger charge is -2.30. The van der Waals surface area contributed by atoms with Crippen molar-refractivity contribution in [3.05, 3.63) is 69.8 Å². The maximum absolute atomic E-state index is 12.6. The molecule has 1 atom stereocenters. The van der Waals surface area contributed by atoms with Crippen molar-refractivity contribution in [1.82, 2.24) is 14.9 Å². The van der Waals surface area contributed by atoms with E-state index in [4.69, 9.17) is 9.47 Å². The molecule has 7 nitrogen and oxygen atoms in total. The molecule has 3 aromatic rings. The van der Waals surface area contributed by atoms with Crippen LogP contribution < -0.4 is 10.3 Å². The first-order valence-electron chi connectivity index (χ1n) is 10.6. The number of rotatable bonds is 5. The first kappa shape index (κ1) is 21.1. The number of fused-ring (bicyclic) bond motifs is 1. The maximum Gasteiger partial charge on any atom is 0.337 e. The first-order valence-corrected chi connectivity index (χ1v) is 10.6. The van der Waals surface area contributed by atoms with Crippen LogP contribution in [0.4, 0.5) is 0 Å². The predicted octanol–water partition coefficient (Wildman–Crippen LogP) is 3.84. The van der Waals surface area contributed by atoms with Crippen molar-refractivity contribution in [2.75, 3.05) is 20.8 Å². The Labute approximate surface area is 181 Å². The van der Waals surface area contributed by atoms with Crippen LogP contribution in [0.2, 0.25) is 0 Å². The number of nitrogens with one attached hydrogen (secondary N) is 1. The second-order valence-corrected chi connectivity index (χ2v) is 7.84. The fourth-order valence-electron chi connectivity index (χ4n) is 4.26. The van der Waals surface area contributed by atoms with Gasteiger partial charge in [0, 0.05) is 6.04 Å². The molecule has 4 rings (SSSR count). The average molecular weight is 421 g/mol. The summed E-state index contributed by atoms with van der Waals surface area (Å²) in [4.78, 5) is 34.5. The minimum atomic E-state index is -0.447. The molecule has 0 saturated carbocycles. The highest BCUT2D eigenvalue weighted by Gasteiger charge is 2.24. The smallest absolute Gasteiger partial charge is 0.337 e. The number of likely N-dealkylation sites (tertiary alicyclic amines) is 1. The number of hydrogen-bond donors (Lipinski definition) is 1. The van der Waals surface area contributed by atoms with Crippen LogP contribution in [0.1, 0.15) is 53.5 Å². The van der Waals surface area contributed by atoms with Gasteiger partial charge in [0.05, 0.1) is 37.2 Å². The average Bonchev–Trinajstić information content (AvgIpc) is 3.03. The van der Waals surface area contributed by atoms with Crippen LogP contribution in [0.5, 0.6) is 5.75 Å². The molecule has 1 N–H and O–H groups in total. The van der Waals surface area contributed by atoms with Crippen LogP contribution in [0, 0.1) is 0 Å². The lowest BCUT2D eigenvalue weighted by Crippen LogP contribution is -2.30. The SMILES string of the molecule is COC(=O)c1ccc2c(=O)[nH]c(CN3CCCCC[C@@H]3c3ccc(OC)cc3)nc2c1. The van der Waals surface area contributed by atoms with Crippen molar-refractivity contribution < 1.29 is 14.3 Å². The fraction of sp³-hybridized carbons (Fsp3) is 0.375. The summed E-state index contributed by atoms with van der Waals surface area (Å²) in [5.41, 5.74) is 1.91. The number of H-pyrrole nitrogens is 1. The Morgan fingerprint density at radius 1 is 1.13 bits per heavy atom. The van der Waals surface area contributed by atoms with Gasteiger partial charge in [-0.1, -0.05) is 25.0 Å². The molecule has 2 heterocycles. The zero-order valence-corrected chi connectivity index (χ0v) is 17.9. The number of methoxy groups -OCH3 is 2. The van der Waals surface area contributed by atoms with Gasteiger partial charge in [0.25, 0.3) is 5.56 Å². The molecule has 0 radical (unpaired) electrons. The first-order chi connectivity index (χ1) is 15.1. The summed E-state index contributed by atoms with van der Waals surface area (Å²) in [6.07, 6.45) is 4.51. The van der Waals surface area contributed by atoms with Gasteiger partial charge in [-0.15, -0.1) is 0 Å². The van der Waals surface area contributed by atoms with Gasteiger partial charge in [-0.3, -0.25) is 9.69 Å². The third-order valence-corrected chi connectivity index (χ3v) is 5.89. The van der Waals surface area contributed by atoms with Gasteiger partial charge < -0.3 is 14.5 Å². The van der Waals surface area contributed by atoms with E-state index >= 15 is 0 Å². The van der Waals surface area contributed by atoms with E-state index in [0.29, 0.717) is 28.8 Å². The van der Waals surface area contributed by atoms with Crippen LogP contribution >= 0.6 is 0 Å². The molecule has 2 aromatic carbocycles. The second kappa shape index (κ2) is 9.31. The lowest BCUT2D eigenvalue weighted by molar-refractivity contribution is 0.0601. The molecular formula is C24H27N3O4. The van der Waals surface area contributed by atoms with E-state index in [0.717, 1.165) is 31.6 Å². The second-order valence-electron chi connectivity index (χ2n) is 7.84. The highest BCUT2D eigenvalue weighted by atomic mass is 16.5. The van der Waals surface area contributed by atoms with E-state index in [1.54, 1.807) is 25.3 Å². The zero-order valence-electron chi connectivity index (χ0n) is 17.9. The van der Waals surface area contributed by atoms with E-state index in [9.17, 15) is 9.59 Å². The molecule has 0 amide bonds. The Morgan fingerprint density at radius 2 is 1.94 bits per heavy atom. The summed E-state index contributed by atoms with van der Waals surface area (Å²) in [5, 5.41) is 0.457. The molecule has 1 fully saturated rings. The standard InChI is InChI=1S/C24H27N3O4/c1-30-18-10-7-16(8-11-18)21-6-4-3-5-13-27(21)15-22-25-20-14-17(24(29)31-2)9-12-19(20)23(28)26-22/h7-12,14,21H,3-6,13,15H2,1-2H3,(H,25,26,28)/t21-/m1/s1. The number of aromatic amines is 1. The van der Waals surface area contributed by atoms with Gasteiger partial charge in [-0.05, 0) is 55.3 Å². The molecule has 1 saturated heterocycles. The number of carbonyl (C=O) groups excluding carboxylic acids is 1. The van der Waals surface area contributed by atoms with Gasteiger partial charge in [-0.2, -0.15) is 0 Å². The summed E-state index contributed by atoms with van der Waals surface area (Å²) in [5.74, 6) is 0.989. The number of aromatic nitrogens is 2. The van der Waals surface area contributed by atoms with Crippen LogP contribution in [-0.4, -0.2) is 41.6 Å². The predicted molar refractivity (Wildman–Crippen MR) is 118 cm³/mol. The molecule has 1 aromatic heterocycles. The van der Waals surface area contributed by atoms with E-state index in [1.807, 2.05) is 12.1 Å². The number of ether oxygens (including phenoxy) is 2. The number of benzene rings is 2. The summed E-state index contributed by atoms with van der Waals surface area (Å²) in [7, 11) is 3.00. The monoisotopic (exact) mass is 421 g/mol. The van der Waals surface area contributed by atoms with Gasteiger partial charge in [-0.25, -0.2) is 9.78 Å². The molecule has 0 spiro atoms. The van der Waals surface area contributed by atoms with Crippen LogP contribution in [0.25, 0.3) is 10.9 Å². The Bertz CT molecular complexity index is 1120. The number of nitrogens with zero attached hydrogens (tertiary/aromatic N) is 2. The van der Waals surface area contributed by atoms with E-state index < -0.39 is 5.97 Å². The quantitative estimate of drug-likeness (QED) is 0.630. The molecule has 1 aliphatic heterocycles. The Hall–Kier alpha value is -3.19. The lowest BCUT2D eigenvalue weighted by atomic mass is 10.0. The van der Waals surface area contributed by atoms with E-state index in [-0.39, 0.29) is 11.6 Å². The van der Waals surface area contributed by atoms with Crippen molar-refractivity contribution >= 4 is 16.9 Å². The normalized spacial score (nSPS) is 17.3. The highest BCUT2D eigenvalue weighted by Crippen LogP contribution is 2.32. The van der Waals surface area contributed by atoms with Crippen LogP contribution in [0.15, 0.2) is 47.3 Å². The summed E-state index contributed by atoms with van der Waals surface area (Å²) < 4.78 is 10.1. The molecule has 0 unspecified atom stereocenters. The molecule has 31 heavy (non-hydrogen) atoms. The van der Waals surface area contributed by atoms with Crippen molar-refractivity contribution in [2.45, 2.75) is 38.3 Å². The third kappa shape index (κ3) is 4.61. The molecule has 0 aliphatic carbocycles. The van der Waals surface area contributed by atoms with Crippen LogP contribution in [0.3, 0.4) is 0 Å². The van der Waals surface area contributed by atoms with Crippen molar-refractivity contribution in [1.29, 1.82) is 0 Å². The van der Waals surface area contributed by atoms with Gasteiger partial charge in [0.1, 0.15) is 11.6 Å². The highest BCUT2D eigenvalue weighted by molar-refractivity contribution is 5.93. The summed E-state index contributed by atoms with van der Waals surface area (Å²) in [6, 6.07) is 13.3. The number of carbonyl (C=O) groups is 1. The van der Waals surface area contributed by atoms with Crippen molar-refractivity contribution in [2.24, 2.45) is 0 Å². The van der Waals surface area contributed by atoms with Crippen LogP contribution in [-0.2, 0) is 11.3 Å². The van der Waals surface area contributed by atoms with E-state index in [2.05, 4.69) is 27.0 Å². The zero-order chi connectivity index (χ0) is 21.8. The Balaban J connectivity index is 1.65. The fourth-order valence-corrected chi connectivity index (χ4v) is 4.26. The van der Waals surface area contributed by atoms with Gasteiger partial charge >= 0.3 is 5.97 Å². The third-order valence-electron chi connectivity index (χ3n) is 5.89. The Morgan fingerprint density at radius 3 is 2.68 bits per heavy atom. The number of esters is 1. The minimum Gasteiger partial charge on any atom is -0.497 e. The Kier molecular flexibility index (Phi) is 6.32. The summed E-state index contributed by atoms with van der Waals surface area (Å²) in [6.45, 7) is 1.46. The molecular weight excluding hydrogens is 394 g/mol.